The quantitative estimate of drug-likeness (QED) is 0.792. The number of rotatable bonds is 5. The van der Waals surface area contributed by atoms with Crippen molar-refractivity contribution >= 4 is 33.0 Å². The Kier molecular flexibility index (Phi) is 4.80. The third kappa shape index (κ3) is 3.20. The normalized spacial score (nSPS) is 12.0. The van der Waals surface area contributed by atoms with Crippen molar-refractivity contribution in [3.8, 4) is 0 Å². The Morgan fingerprint density at radius 2 is 2.20 bits per heavy atom. The van der Waals surface area contributed by atoms with Crippen LogP contribution in [0.15, 0.2) is 34.8 Å². The Morgan fingerprint density at radius 3 is 2.75 bits per heavy atom. The number of halogens is 1. The molecule has 0 bridgehead atoms. The first-order valence-corrected chi connectivity index (χ1v) is 8.74. The first kappa shape index (κ1) is 15.4. The first-order chi connectivity index (χ1) is 9.45. The van der Waals surface area contributed by atoms with Gasteiger partial charge in [0.1, 0.15) is 4.21 Å². The molecule has 20 heavy (non-hydrogen) atoms. The molecule has 0 aliphatic carbocycles. The van der Waals surface area contributed by atoms with E-state index in [4.69, 9.17) is 11.6 Å². The molecule has 0 atom stereocenters. The molecule has 0 aromatic carbocycles. The summed E-state index contributed by atoms with van der Waals surface area (Å²) in [6.07, 6.45) is 3.32. The summed E-state index contributed by atoms with van der Waals surface area (Å²) < 4.78 is 26.6. The summed E-state index contributed by atoms with van der Waals surface area (Å²) in [5, 5.41) is 0. The van der Waals surface area contributed by atoms with Crippen LogP contribution in [0, 0.1) is 6.92 Å². The van der Waals surface area contributed by atoms with Crippen LogP contribution in [0.2, 0.25) is 0 Å². The molecule has 4 nitrogen and oxygen atoms in total. The minimum absolute atomic E-state index is 0.295. The molecular weight excluding hydrogens is 316 g/mol. The van der Waals surface area contributed by atoms with Crippen LogP contribution in [0.4, 0.5) is 0 Å². The van der Waals surface area contributed by atoms with E-state index >= 15 is 0 Å². The molecule has 0 saturated heterocycles. The fourth-order valence-electron chi connectivity index (χ4n) is 1.74. The van der Waals surface area contributed by atoms with Gasteiger partial charge in [-0.15, -0.1) is 22.9 Å². The van der Waals surface area contributed by atoms with Gasteiger partial charge in [0.25, 0.3) is 10.0 Å². The van der Waals surface area contributed by atoms with Gasteiger partial charge in [0.2, 0.25) is 0 Å². The molecule has 2 aromatic heterocycles. The highest BCUT2D eigenvalue weighted by molar-refractivity contribution is 7.91. The van der Waals surface area contributed by atoms with E-state index in [9.17, 15) is 8.42 Å². The lowest BCUT2D eigenvalue weighted by Crippen LogP contribution is -2.25. The van der Waals surface area contributed by atoms with Gasteiger partial charge < -0.3 is 0 Å². The predicted octanol–water partition coefficient (Wildman–Crippen LogP) is 3.01. The van der Waals surface area contributed by atoms with Crippen molar-refractivity contribution in [1.29, 1.82) is 0 Å². The number of hydrogen-bond acceptors (Lipinski definition) is 4. The largest absolute Gasteiger partial charge is 0.264 e. The lowest BCUT2D eigenvalue weighted by Gasteiger charge is -2.15. The van der Waals surface area contributed by atoms with E-state index < -0.39 is 10.0 Å². The summed E-state index contributed by atoms with van der Waals surface area (Å²) in [5.74, 6) is 0.332. The standard InChI is InChI=1S/C13H15ClN2O2S2/c1-10-6-13(19-12(10)7-14)20(17,18)16(2)9-11-4-3-5-15-8-11/h3-6,8H,7,9H2,1-2H3. The zero-order valence-corrected chi connectivity index (χ0v) is 13.6. The fourth-order valence-corrected chi connectivity index (χ4v) is 4.92. The number of aryl methyl sites for hydroxylation is 1. The van der Waals surface area contributed by atoms with E-state index in [2.05, 4.69) is 4.98 Å². The average Bonchev–Trinajstić information content (AvgIpc) is 2.81. The van der Waals surface area contributed by atoms with Crippen LogP contribution >= 0.6 is 22.9 Å². The third-order valence-electron chi connectivity index (χ3n) is 2.91. The topological polar surface area (TPSA) is 50.3 Å². The SMILES string of the molecule is Cc1cc(S(=O)(=O)N(C)Cc2cccnc2)sc1CCl. The van der Waals surface area contributed by atoms with E-state index in [0.717, 1.165) is 16.0 Å². The Bertz CT molecular complexity index is 684. The maximum Gasteiger partial charge on any atom is 0.252 e. The maximum atomic E-state index is 12.5. The van der Waals surface area contributed by atoms with Crippen LogP contribution < -0.4 is 0 Å². The second-order valence-corrected chi connectivity index (χ2v) is 8.10. The molecule has 2 rings (SSSR count). The van der Waals surface area contributed by atoms with Crippen LogP contribution in [0.1, 0.15) is 16.0 Å². The Hall–Kier alpha value is -0.950. The lowest BCUT2D eigenvalue weighted by atomic mass is 10.3. The second-order valence-electron chi connectivity index (χ2n) is 4.43. The summed E-state index contributed by atoms with van der Waals surface area (Å²) >= 11 is 7.03. The highest BCUT2D eigenvalue weighted by Crippen LogP contribution is 2.29. The summed E-state index contributed by atoms with van der Waals surface area (Å²) in [6.45, 7) is 2.16. The van der Waals surface area contributed by atoms with Gasteiger partial charge in [-0.1, -0.05) is 6.07 Å². The molecule has 0 aliphatic heterocycles. The van der Waals surface area contributed by atoms with Crippen molar-refractivity contribution < 1.29 is 8.42 Å². The van der Waals surface area contributed by atoms with Crippen molar-refractivity contribution in [3.05, 3.63) is 46.6 Å². The summed E-state index contributed by atoms with van der Waals surface area (Å²) in [7, 11) is -1.92. The fraction of sp³-hybridized carbons (Fsp3) is 0.308. The maximum absolute atomic E-state index is 12.5. The van der Waals surface area contributed by atoms with Gasteiger partial charge >= 0.3 is 0 Å². The van der Waals surface area contributed by atoms with E-state index in [1.54, 1.807) is 31.6 Å². The third-order valence-corrected chi connectivity index (χ3v) is 6.83. The molecule has 0 saturated carbocycles. The molecule has 0 N–H and O–H groups in total. The number of pyridine rings is 1. The van der Waals surface area contributed by atoms with Crippen LogP contribution in [-0.2, 0) is 22.4 Å². The summed E-state index contributed by atoms with van der Waals surface area (Å²) in [5.41, 5.74) is 1.77. The van der Waals surface area contributed by atoms with Gasteiger partial charge in [-0.3, -0.25) is 4.98 Å². The van der Waals surface area contributed by atoms with Crippen molar-refractivity contribution in [2.24, 2.45) is 0 Å². The minimum atomic E-state index is -3.48. The molecular formula is C13H15ClN2O2S2. The molecule has 2 heterocycles. The van der Waals surface area contributed by atoms with Crippen LogP contribution in [0.5, 0.6) is 0 Å². The highest BCUT2D eigenvalue weighted by Gasteiger charge is 2.24. The van der Waals surface area contributed by atoms with Crippen LogP contribution in [0.25, 0.3) is 0 Å². The molecule has 0 aliphatic rings. The zero-order chi connectivity index (χ0) is 14.8. The van der Waals surface area contributed by atoms with Crippen molar-refractivity contribution in [2.45, 2.75) is 23.6 Å². The summed E-state index contributed by atoms with van der Waals surface area (Å²) in [6, 6.07) is 5.32. The van der Waals surface area contributed by atoms with Gasteiger partial charge in [-0.05, 0) is 30.2 Å². The number of nitrogens with zero attached hydrogens (tertiary/aromatic N) is 2. The minimum Gasteiger partial charge on any atom is -0.264 e. The molecule has 2 aromatic rings. The van der Waals surface area contributed by atoms with Crippen molar-refractivity contribution in [2.75, 3.05) is 7.05 Å². The van der Waals surface area contributed by atoms with E-state index in [-0.39, 0.29) is 0 Å². The van der Waals surface area contributed by atoms with Gasteiger partial charge in [-0.25, -0.2) is 8.42 Å². The molecule has 0 spiro atoms. The predicted molar refractivity (Wildman–Crippen MR) is 81.5 cm³/mol. The molecule has 0 amide bonds. The number of hydrogen-bond donors (Lipinski definition) is 0. The number of alkyl halides is 1. The lowest BCUT2D eigenvalue weighted by molar-refractivity contribution is 0.468. The van der Waals surface area contributed by atoms with Gasteiger partial charge in [0.15, 0.2) is 0 Å². The Labute approximate surface area is 128 Å². The molecule has 7 heteroatoms. The van der Waals surface area contributed by atoms with Gasteiger partial charge in [-0.2, -0.15) is 4.31 Å². The van der Waals surface area contributed by atoms with Crippen LogP contribution in [-0.4, -0.2) is 24.8 Å². The highest BCUT2D eigenvalue weighted by atomic mass is 35.5. The van der Waals surface area contributed by atoms with Crippen LogP contribution in [0.3, 0.4) is 0 Å². The Morgan fingerprint density at radius 1 is 1.45 bits per heavy atom. The first-order valence-electron chi connectivity index (χ1n) is 5.95. The smallest absolute Gasteiger partial charge is 0.252 e. The van der Waals surface area contributed by atoms with E-state index in [1.807, 2.05) is 13.0 Å². The van der Waals surface area contributed by atoms with Crippen molar-refractivity contribution in [3.63, 3.8) is 0 Å². The van der Waals surface area contributed by atoms with Gasteiger partial charge in [0.05, 0.1) is 5.88 Å². The number of sulfonamides is 1. The average molecular weight is 331 g/mol. The Balaban J connectivity index is 2.25. The summed E-state index contributed by atoms with van der Waals surface area (Å²) in [4.78, 5) is 4.88. The number of thiophene rings is 1. The second kappa shape index (κ2) is 6.22. The van der Waals surface area contributed by atoms with E-state index in [1.165, 1.54) is 15.6 Å². The number of aromatic nitrogens is 1. The molecule has 0 unspecified atom stereocenters. The molecule has 108 valence electrons. The zero-order valence-electron chi connectivity index (χ0n) is 11.2. The van der Waals surface area contributed by atoms with E-state index in [0.29, 0.717) is 16.6 Å². The monoisotopic (exact) mass is 330 g/mol. The van der Waals surface area contributed by atoms with Crippen molar-refractivity contribution in [1.82, 2.24) is 9.29 Å². The van der Waals surface area contributed by atoms with Gasteiger partial charge in [0, 0.05) is 30.9 Å². The molecule has 0 fully saturated rings. The molecule has 0 radical (unpaired) electrons.